The predicted octanol–water partition coefficient (Wildman–Crippen LogP) is 6.43. The summed E-state index contributed by atoms with van der Waals surface area (Å²) in [6.07, 6.45) is 5.06. The van der Waals surface area contributed by atoms with Crippen LogP contribution < -0.4 is 10.9 Å². The van der Waals surface area contributed by atoms with E-state index in [0.29, 0.717) is 11.2 Å². The third-order valence-corrected chi connectivity index (χ3v) is 6.76. The van der Waals surface area contributed by atoms with Gasteiger partial charge in [-0.2, -0.15) is 0 Å². The first-order valence-electron chi connectivity index (χ1n) is 10.9. The van der Waals surface area contributed by atoms with E-state index in [1.807, 2.05) is 73.1 Å². The molecule has 1 atom stereocenters. The molecule has 0 aliphatic carbocycles. The van der Waals surface area contributed by atoms with Crippen molar-refractivity contribution < 1.29 is 4.42 Å². The van der Waals surface area contributed by atoms with Gasteiger partial charge in [-0.25, -0.2) is 9.97 Å². The van der Waals surface area contributed by atoms with Gasteiger partial charge in [0.2, 0.25) is 0 Å². The Hall–Kier alpha value is -4.23. The van der Waals surface area contributed by atoms with Gasteiger partial charge in [0.25, 0.3) is 5.56 Å². The lowest BCUT2D eigenvalue weighted by atomic mass is 9.99. The van der Waals surface area contributed by atoms with Gasteiger partial charge in [-0.15, -0.1) is 11.3 Å². The maximum atomic E-state index is 14.1. The number of anilines is 1. The first kappa shape index (κ1) is 20.4. The van der Waals surface area contributed by atoms with Crippen LogP contribution >= 0.6 is 11.3 Å². The summed E-state index contributed by atoms with van der Waals surface area (Å²) in [6, 6.07) is 21.3. The minimum Gasteiger partial charge on any atom is -0.472 e. The molecule has 6 nitrogen and oxygen atoms in total. The number of furan rings is 1. The predicted molar refractivity (Wildman–Crippen MR) is 137 cm³/mol. The summed E-state index contributed by atoms with van der Waals surface area (Å²) in [6.45, 7) is 2.03. The first-order chi connectivity index (χ1) is 16.7. The molecule has 7 heteroatoms. The Morgan fingerprint density at radius 1 is 1.03 bits per heavy atom. The van der Waals surface area contributed by atoms with Gasteiger partial charge < -0.3 is 9.73 Å². The lowest BCUT2D eigenvalue weighted by molar-refractivity contribution is 0.568. The van der Waals surface area contributed by atoms with Crippen molar-refractivity contribution >= 4 is 38.1 Å². The van der Waals surface area contributed by atoms with Crippen LogP contribution in [0.4, 0.5) is 5.82 Å². The zero-order valence-electron chi connectivity index (χ0n) is 18.3. The zero-order chi connectivity index (χ0) is 23.1. The van der Waals surface area contributed by atoms with E-state index in [4.69, 9.17) is 4.42 Å². The number of hydrogen-bond donors (Lipinski definition) is 1. The van der Waals surface area contributed by atoms with Crippen LogP contribution in [0.1, 0.15) is 18.7 Å². The highest BCUT2D eigenvalue weighted by atomic mass is 32.1. The molecule has 1 N–H and O–H groups in total. The number of benzene rings is 2. The molecule has 0 spiro atoms. The van der Waals surface area contributed by atoms with E-state index in [-0.39, 0.29) is 11.6 Å². The number of hydrogen-bond acceptors (Lipinski definition) is 6. The van der Waals surface area contributed by atoms with Crippen molar-refractivity contribution in [2.75, 3.05) is 5.32 Å². The molecule has 34 heavy (non-hydrogen) atoms. The number of aromatic nitrogens is 3. The van der Waals surface area contributed by atoms with Gasteiger partial charge in [-0.1, -0.05) is 36.4 Å². The highest BCUT2D eigenvalue weighted by Gasteiger charge is 2.20. The molecule has 4 aromatic heterocycles. The molecule has 0 bridgehead atoms. The molecular weight excluding hydrogens is 444 g/mol. The second kappa shape index (κ2) is 8.28. The molecule has 0 radical (unpaired) electrons. The second-order valence-electron chi connectivity index (χ2n) is 8.05. The summed E-state index contributed by atoms with van der Waals surface area (Å²) in [5, 5.41) is 5.02. The minimum atomic E-state index is -0.213. The number of fused-ring (bicyclic) bond motifs is 2. The molecule has 0 aliphatic heterocycles. The van der Waals surface area contributed by atoms with E-state index in [1.54, 1.807) is 34.6 Å². The summed E-state index contributed by atoms with van der Waals surface area (Å²) >= 11 is 1.57. The quantitative estimate of drug-likeness (QED) is 0.318. The van der Waals surface area contributed by atoms with Crippen molar-refractivity contribution in [2.24, 2.45) is 0 Å². The Bertz CT molecular complexity index is 1670. The number of pyridine rings is 2. The van der Waals surface area contributed by atoms with E-state index in [1.165, 1.54) is 0 Å². The maximum Gasteiger partial charge on any atom is 0.263 e. The Morgan fingerprint density at radius 3 is 2.74 bits per heavy atom. The Kier molecular flexibility index (Phi) is 4.96. The number of thiazole rings is 1. The van der Waals surface area contributed by atoms with Crippen LogP contribution in [0.25, 0.3) is 37.8 Å². The highest BCUT2D eigenvalue weighted by molar-refractivity contribution is 7.16. The summed E-state index contributed by atoms with van der Waals surface area (Å²) < 4.78 is 8.14. The topological polar surface area (TPSA) is 73.0 Å². The zero-order valence-corrected chi connectivity index (χ0v) is 19.1. The van der Waals surface area contributed by atoms with Gasteiger partial charge in [0.15, 0.2) is 5.82 Å². The molecule has 0 fully saturated rings. The van der Waals surface area contributed by atoms with Crippen LogP contribution in [0.3, 0.4) is 0 Å². The fourth-order valence-electron chi connectivity index (χ4n) is 4.38. The van der Waals surface area contributed by atoms with E-state index >= 15 is 0 Å². The molecule has 6 aromatic rings. The van der Waals surface area contributed by atoms with Gasteiger partial charge in [-0.3, -0.25) is 9.36 Å². The van der Waals surface area contributed by atoms with Gasteiger partial charge in [0, 0.05) is 23.1 Å². The fourth-order valence-corrected chi connectivity index (χ4v) is 5.05. The molecule has 0 aliphatic rings. The van der Waals surface area contributed by atoms with Crippen LogP contribution in [0.5, 0.6) is 0 Å². The monoisotopic (exact) mass is 464 g/mol. The first-order valence-corrected chi connectivity index (χ1v) is 11.8. The van der Waals surface area contributed by atoms with Crippen molar-refractivity contribution in [3.8, 4) is 16.8 Å². The van der Waals surface area contributed by atoms with E-state index in [9.17, 15) is 4.79 Å². The average molecular weight is 465 g/mol. The molecular formula is C27H20N4O2S. The Labute approximate surface area is 199 Å². The summed E-state index contributed by atoms with van der Waals surface area (Å²) in [5.41, 5.74) is 5.93. The van der Waals surface area contributed by atoms with Crippen LogP contribution in [0.15, 0.2) is 100 Å². The van der Waals surface area contributed by atoms with E-state index in [0.717, 1.165) is 38.1 Å². The fraction of sp³-hybridized carbons (Fsp3) is 0.0741. The molecule has 0 amide bonds. The number of nitrogens with zero attached hydrogens (tertiary/aromatic N) is 3. The van der Waals surface area contributed by atoms with Crippen molar-refractivity contribution in [2.45, 2.75) is 13.0 Å². The summed E-state index contributed by atoms with van der Waals surface area (Å²) in [4.78, 5) is 23.1. The molecule has 4 heterocycles. The summed E-state index contributed by atoms with van der Waals surface area (Å²) in [7, 11) is 0. The molecule has 6 rings (SSSR count). The lowest BCUT2D eigenvalue weighted by Gasteiger charge is -2.22. The third kappa shape index (κ3) is 3.38. The lowest BCUT2D eigenvalue weighted by Crippen LogP contribution is -2.26. The Balaban J connectivity index is 1.58. The second-order valence-corrected chi connectivity index (χ2v) is 8.94. The van der Waals surface area contributed by atoms with Crippen molar-refractivity contribution in [3.05, 3.63) is 107 Å². The molecule has 0 unspecified atom stereocenters. The van der Waals surface area contributed by atoms with Gasteiger partial charge in [0.1, 0.15) is 5.52 Å². The molecule has 0 saturated heterocycles. The average Bonchev–Trinajstić information content (AvgIpc) is 3.57. The van der Waals surface area contributed by atoms with E-state index < -0.39 is 0 Å². The van der Waals surface area contributed by atoms with Crippen molar-refractivity contribution in [1.82, 2.24) is 14.5 Å². The molecule has 2 aromatic carbocycles. The number of rotatable bonds is 5. The van der Waals surface area contributed by atoms with Crippen LogP contribution in [0, 0.1) is 0 Å². The van der Waals surface area contributed by atoms with Crippen LogP contribution in [0.2, 0.25) is 0 Å². The van der Waals surface area contributed by atoms with E-state index in [2.05, 4.69) is 21.4 Å². The summed E-state index contributed by atoms with van der Waals surface area (Å²) in [5.74, 6) is 0.700. The van der Waals surface area contributed by atoms with Crippen molar-refractivity contribution in [3.63, 3.8) is 0 Å². The normalized spacial score (nSPS) is 12.3. The van der Waals surface area contributed by atoms with Crippen LogP contribution in [-0.2, 0) is 0 Å². The molecule has 166 valence electrons. The van der Waals surface area contributed by atoms with Crippen molar-refractivity contribution in [1.29, 1.82) is 0 Å². The van der Waals surface area contributed by atoms with Gasteiger partial charge in [0.05, 0.1) is 34.2 Å². The molecule has 0 saturated carbocycles. The smallest absolute Gasteiger partial charge is 0.263 e. The SMILES string of the molecule is C[C@H](Nc1nccc2scnc12)c1cc2cccc(-c3ccoc3)c2c(=O)n1-c1ccccc1. The van der Waals surface area contributed by atoms with Gasteiger partial charge in [-0.05, 0) is 48.2 Å². The third-order valence-electron chi connectivity index (χ3n) is 5.97. The Morgan fingerprint density at radius 2 is 1.91 bits per heavy atom. The number of nitrogens with one attached hydrogen (secondary N) is 1. The minimum absolute atomic E-state index is 0.0797. The standard InChI is InChI=1S/C27H20N4O2S/c1-17(30-26-25-23(10-12-28-26)34-16-29-25)22-14-18-6-5-9-21(19-11-13-33-15-19)24(18)27(32)31(22)20-7-3-2-4-8-20/h2-17H,1H3,(H,28,30)/t17-/m0/s1. The maximum absolute atomic E-state index is 14.1. The highest BCUT2D eigenvalue weighted by Crippen LogP contribution is 2.31. The van der Waals surface area contributed by atoms with Crippen LogP contribution in [-0.4, -0.2) is 14.5 Å². The number of para-hydroxylation sites is 1. The largest absolute Gasteiger partial charge is 0.472 e. The van der Waals surface area contributed by atoms with Gasteiger partial charge >= 0.3 is 0 Å².